The lowest BCUT2D eigenvalue weighted by atomic mass is 9.88. The standard InChI is InChI=1S/C19H16ClN5O/c1-12-16(18(26)24-15-8-3-2-4-9-15)17(13-6-5-7-14(20)10-13)25-19(23-12)21-11-22-25/h2-11,16-17H,1H2,(H,24,26)(H,21,22,23)/t16-,17+/m1/s1. The molecule has 1 aromatic heterocycles. The van der Waals surface area contributed by atoms with E-state index in [1.54, 1.807) is 10.7 Å². The number of hydrogen-bond donors (Lipinski definition) is 2. The molecule has 0 saturated carbocycles. The zero-order valence-corrected chi connectivity index (χ0v) is 14.5. The molecule has 1 aliphatic rings. The molecule has 2 aromatic carbocycles. The molecule has 4 rings (SSSR count). The van der Waals surface area contributed by atoms with Gasteiger partial charge in [0.25, 0.3) is 0 Å². The number of carbonyl (C=O) groups is 1. The van der Waals surface area contributed by atoms with Gasteiger partial charge in [-0.15, -0.1) is 0 Å². The fraction of sp³-hybridized carbons (Fsp3) is 0.105. The van der Waals surface area contributed by atoms with Crippen molar-refractivity contribution in [2.45, 2.75) is 6.04 Å². The molecule has 130 valence electrons. The van der Waals surface area contributed by atoms with Crippen molar-refractivity contribution in [1.82, 2.24) is 14.8 Å². The van der Waals surface area contributed by atoms with Crippen molar-refractivity contribution in [2.24, 2.45) is 5.92 Å². The first-order valence-electron chi connectivity index (χ1n) is 8.10. The second-order valence-electron chi connectivity index (χ2n) is 6.01. The van der Waals surface area contributed by atoms with Crippen LogP contribution in [0.2, 0.25) is 5.02 Å². The number of benzene rings is 2. The van der Waals surface area contributed by atoms with Crippen molar-refractivity contribution in [3.05, 3.63) is 83.8 Å². The van der Waals surface area contributed by atoms with Crippen molar-refractivity contribution in [3.8, 4) is 0 Å². The Morgan fingerprint density at radius 3 is 2.77 bits per heavy atom. The normalized spacial score (nSPS) is 18.7. The fourth-order valence-corrected chi connectivity index (χ4v) is 3.36. The quantitative estimate of drug-likeness (QED) is 0.742. The Balaban J connectivity index is 1.75. The van der Waals surface area contributed by atoms with E-state index in [4.69, 9.17) is 11.6 Å². The summed E-state index contributed by atoms with van der Waals surface area (Å²) in [6.45, 7) is 4.05. The molecule has 2 heterocycles. The lowest BCUT2D eigenvalue weighted by molar-refractivity contribution is -0.119. The third kappa shape index (κ3) is 2.95. The van der Waals surface area contributed by atoms with Crippen LogP contribution in [0.15, 0.2) is 73.2 Å². The molecule has 2 atom stereocenters. The Labute approximate surface area is 155 Å². The maximum atomic E-state index is 13.1. The average Bonchev–Trinajstić information content (AvgIpc) is 3.09. The van der Waals surface area contributed by atoms with E-state index in [0.717, 1.165) is 11.3 Å². The van der Waals surface area contributed by atoms with Crippen LogP contribution in [-0.4, -0.2) is 20.7 Å². The molecule has 3 aromatic rings. The van der Waals surface area contributed by atoms with Crippen molar-refractivity contribution in [1.29, 1.82) is 0 Å². The van der Waals surface area contributed by atoms with Crippen LogP contribution in [0.3, 0.4) is 0 Å². The molecule has 6 nitrogen and oxygen atoms in total. The van der Waals surface area contributed by atoms with Gasteiger partial charge in [-0.2, -0.15) is 10.1 Å². The largest absolute Gasteiger partial charge is 0.328 e. The Kier molecular flexibility index (Phi) is 4.18. The number of fused-ring (bicyclic) bond motifs is 1. The molecule has 2 N–H and O–H groups in total. The fourth-order valence-electron chi connectivity index (χ4n) is 3.16. The molecule has 0 bridgehead atoms. The van der Waals surface area contributed by atoms with Gasteiger partial charge in [0.1, 0.15) is 12.2 Å². The summed E-state index contributed by atoms with van der Waals surface area (Å²) in [5.74, 6) is -0.216. The number of aromatic nitrogens is 3. The van der Waals surface area contributed by atoms with Crippen LogP contribution in [0.25, 0.3) is 0 Å². The Morgan fingerprint density at radius 1 is 1.19 bits per heavy atom. The minimum Gasteiger partial charge on any atom is -0.328 e. The monoisotopic (exact) mass is 365 g/mol. The molecule has 26 heavy (non-hydrogen) atoms. The first-order valence-corrected chi connectivity index (χ1v) is 8.48. The minimum absolute atomic E-state index is 0.181. The SMILES string of the molecule is C=C1Nc2ncnn2[C@@H](c2cccc(Cl)c2)[C@@H]1C(=O)Nc1ccccc1. The average molecular weight is 366 g/mol. The molecule has 0 saturated heterocycles. The van der Waals surface area contributed by atoms with E-state index in [1.165, 1.54) is 6.33 Å². The number of nitrogens with one attached hydrogen (secondary N) is 2. The van der Waals surface area contributed by atoms with Crippen molar-refractivity contribution >= 4 is 29.1 Å². The molecular formula is C19H16ClN5O. The van der Waals surface area contributed by atoms with Gasteiger partial charge in [0, 0.05) is 16.4 Å². The predicted octanol–water partition coefficient (Wildman–Crippen LogP) is 3.72. The highest BCUT2D eigenvalue weighted by Gasteiger charge is 2.39. The lowest BCUT2D eigenvalue weighted by Crippen LogP contribution is -2.39. The molecule has 7 heteroatoms. The van der Waals surface area contributed by atoms with E-state index in [1.807, 2.05) is 48.5 Å². The van der Waals surface area contributed by atoms with Gasteiger partial charge in [-0.05, 0) is 29.8 Å². The van der Waals surface area contributed by atoms with E-state index in [9.17, 15) is 4.79 Å². The Morgan fingerprint density at radius 2 is 2.00 bits per heavy atom. The van der Waals surface area contributed by atoms with Crippen LogP contribution in [0, 0.1) is 5.92 Å². The lowest BCUT2D eigenvalue weighted by Gasteiger charge is -2.33. The number of halogens is 1. The first-order chi connectivity index (χ1) is 12.6. The third-order valence-electron chi connectivity index (χ3n) is 4.31. The molecule has 0 spiro atoms. The highest BCUT2D eigenvalue weighted by Crippen LogP contribution is 2.38. The van der Waals surface area contributed by atoms with E-state index in [0.29, 0.717) is 16.7 Å². The Bertz CT molecular complexity index is 969. The van der Waals surface area contributed by atoms with Crippen LogP contribution >= 0.6 is 11.6 Å². The Hall–Kier alpha value is -3.12. The van der Waals surface area contributed by atoms with Crippen LogP contribution < -0.4 is 10.6 Å². The summed E-state index contributed by atoms with van der Waals surface area (Å²) in [5, 5.41) is 10.9. The highest BCUT2D eigenvalue weighted by molar-refractivity contribution is 6.30. The first kappa shape index (κ1) is 16.4. The second-order valence-corrected chi connectivity index (χ2v) is 6.45. The van der Waals surface area contributed by atoms with E-state index in [2.05, 4.69) is 27.3 Å². The highest BCUT2D eigenvalue weighted by atomic mass is 35.5. The third-order valence-corrected chi connectivity index (χ3v) is 4.55. The van der Waals surface area contributed by atoms with Gasteiger partial charge in [0.15, 0.2) is 0 Å². The summed E-state index contributed by atoms with van der Waals surface area (Å²) in [6, 6.07) is 16.3. The van der Waals surface area contributed by atoms with E-state index >= 15 is 0 Å². The van der Waals surface area contributed by atoms with E-state index < -0.39 is 12.0 Å². The molecular weight excluding hydrogens is 350 g/mol. The van der Waals surface area contributed by atoms with Gasteiger partial charge in [-0.3, -0.25) is 4.79 Å². The summed E-state index contributed by atoms with van der Waals surface area (Å²) in [5.41, 5.74) is 2.14. The van der Waals surface area contributed by atoms with E-state index in [-0.39, 0.29) is 5.91 Å². The minimum atomic E-state index is -0.581. The maximum Gasteiger partial charge on any atom is 0.235 e. The number of anilines is 2. The van der Waals surface area contributed by atoms with Gasteiger partial charge in [-0.25, -0.2) is 4.68 Å². The molecule has 0 radical (unpaired) electrons. The van der Waals surface area contributed by atoms with Crippen LogP contribution in [-0.2, 0) is 4.79 Å². The summed E-state index contributed by atoms with van der Waals surface area (Å²) in [4.78, 5) is 17.3. The number of para-hydroxylation sites is 1. The topological polar surface area (TPSA) is 71.8 Å². The summed E-state index contributed by atoms with van der Waals surface area (Å²) in [7, 11) is 0. The van der Waals surface area contributed by atoms with Crippen molar-refractivity contribution < 1.29 is 4.79 Å². The smallest absolute Gasteiger partial charge is 0.235 e. The summed E-state index contributed by atoms with van der Waals surface area (Å²) >= 11 is 6.17. The zero-order chi connectivity index (χ0) is 18.1. The molecule has 0 unspecified atom stereocenters. The second kappa shape index (κ2) is 6.65. The summed E-state index contributed by atoms with van der Waals surface area (Å²) in [6.07, 6.45) is 1.45. The van der Waals surface area contributed by atoms with Gasteiger partial charge in [0.2, 0.25) is 11.9 Å². The maximum absolute atomic E-state index is 13.1. The van der Waals surface area contributed by atoms with Crippen molar-refractivity contribution in [3.63, 3.8) is 0 Å². The number of rotatable bonds is 3. The number of carbonyl (C=O) groups excluding carboxylic acids is 1. The summed E-state index contributed by atoms with van der Waals surface area (Å²) < 4.78 is 1.69. The predicted molar refractivity (Wildman–Crippen MR) is 101 cm³/mol. The number of amides is 1. The van der Waals surface area contributed by atoms with Crippen LogP contribution in [0.4, 0.5) is 11.6 Å². The molecule has 0 aliphatic carbocycles. The number of nitrogens with zero attached hydrogens (tertiary/aromatic N) is 3. The van der Waals surface area contributed by atoms with Gasteiger partial charge in [0.05, 0.1) is 6.04 Å². The molecule has 1 amide bonds. The number of hydrogen-bond acceptors (Lipinski definition) is 4. The molecule has 1 aliphatic heterocycles. The van der Waals surface area contributed by atoms with Crippen LogP contribution in [0.5, 0.6) is 0 Å². The van der Waals surface area contributed by atoms with Gasteiger partial charge in [-0.1, -0.05) is 48.5 Å². The van der Waals surface area contributed by atoms with Crippen molar-refractivity contribution in [2.75, 3.05) is 10.6 Å². The van der Waals surface area contributed by atoms with Gasteiger partial charge < -0.3 is 10.6 Å². The zero-order valence-electron chi connectivity index (χ0n) is 13.8. The molecule has 0 fully saturated rings. The van der Waals surface area contributed by atoms with Crippen LogP contribution in [0.1, 0.15) is 11.6 Å². The van der Waals surface area contributed by atoms with Gasteiger partial charge >= 0.3 is 0 Å².